The van der Waals surface area contributed by atoms with E-state index in [1.54, 1.807) is 30.3 Å². The number of amides is 1. The number of carboxylic acid groups (broad SMARTS) is 1. The van der Waals surface area contributed by atoms with Gasteiger partial charge in [-0.05, 0) is 61.4 Å². The molecule has 0 spiro atoms. The van der Waals surface area contributed by atoms with Gasteiger partial charge in [-0.25, -0.2) is 4.79 Å². The third kappa shape index (κ3) is 6.97. The zero-order valence-corrected chi connectivity index (χ0v) is 18.7. The summed E-state index contributed by atoms with van der Waals surface area (Å²) < 4.78 is 11.5. The molecule has 0 unspecified atom stereocenters. The molecule has 33 heavy (non-hydrogen) atoms. The first-order chi connectivity index (χ1) is 16.0. The molecule has 0 atom stereocenters. The lowest BCUT2D eigenvalue weighted by Gasteiger charge is -2.12. The summed E-state index contributed by atoms with van der Waals surface area (Å²) >= 11 is 0. The Balaban J connectivity index is 1.48. The van der Waals surface area contributed by atoms with Crippen LogP contribution in [-0.4, -0.2) is 23.6 Å². The van der Waals surface area contributed by atoms with E-state index in [4.69, 9.17) is 9.47 Å². The highest BCUT2D eigenvalue weighted by molar-refractivity contribution is 5.95. The van der Waals surface area contributed by atoms with Crippen LogP contribution >= 0.6 is 0 Å². The zero-order chi connectivity index (χ0) is 23.6. The van der Waals surface area contributed by atoms with E-state index in [1.165, 1.54) is 0 Å². The van der Waals surface area contributed by atoms with Crippen LogP contribution in [0.1, 0.15) is 45.2 Å². The Morgan fingerprint density at radius 3 is 2.36 bits per heavy atom. The smallest absolute Gasteiger partial charge is 0.339 e. The van der Waals surface area contributed by atoms with Gasteiger partial charge in [0.1, 0.15) is 23.7 Å². The van der Waals surface area contributed by atoms with Crippen molar-refractivity contribution in [3.05, 3.63) is 107 Å². The van der Waals surface area contributed by atoms with E-state index in [2.05, 4.69) is 5.32 Å². The molecule has 2 N–H and O–H groups in total. The van der Waals surface area contributed by atoms with Gasteiger partial charge in [-0.3, -0.25) is 4.79 Å². The molecule has 0 saturated heterocycles. The van der Waals surface area contributed by atoms with Crippen molar-refractivity contribution in [1.82, 2.24) is 5.32 Å². The minimum absolute atomic E-state index is 0.139. The van der Waals surface area contributed by atoms with Gasteiger partial charge in [0.15, 0.2) is 0 Å². The van der Waals surface area contributed by atoms with Crippen LogP contribution in [0.2, 0.25) is 0 Å². The third-order valence-corrected chi connectivity index (χ3v) is 4.98. The van der Waals surface area contributed by atoms with Crippen LogP contribution in [0.15, 0.2) is 84.6 Å². The molecule has 0 radical (unpaired) electrons. The molecule has 6 nitrogen and oxygen atoms in total. The lowest BCUT2D eigenvalue weighted by atomic mass is 10.1. The van der Waals surface area contributed by atoms with Gasteiger partial charge in [-0.1, -0.05) is 42.5 Å². The summed E-state index contributed by atoms with van der Waals surface area (Å²) in [7, 11) is 0. The highest BCUT2D eigenvalue weighted by atomic mass is 16.5. The number of ether oxygens (including phenoxy) is 2. The summed E-state index contributed by atoms with van der Waals surface area (Å²) in [6.45, 7) is 4.42. The van der Waals surface area contributed by atoms with Gasteiger partial charge >= 0.3 is 5.97 Å². The quantitative estimate of drug-likeness (QED) is 0.438. The fourth-order valence-corrected chi connectivity index (χ4v) is 3.13. The van der Waals surface area contributed by atoms with Crippen molar-refractivity contribution in [2.75, 3.05) is 6.61 Å². The van der Waals surface area contributed by atoms with E-state index < -0.39 is 5.97 Å². The van der Waals surface area contributed by atoms with Gasteiger partial charge in [-0.15, -0.1) is 0 Å². The molecule has 0 bridgehead atoms. The van der Waals surface area contributed by atoms with Crippen molar-refractivity contribution in [2.45, 2.75) is 26.9 Å². The topological polar surface area (TPSA) is 84.9 Å². The molecule has 170 valence electrons. The van der Waals surface area contributed by atoms with Crippen molar-refractivity contribution in [1.29, 1.82) is 0 Å². The molecule has 0 aromatic heterocycles. The summed E-state index contributed by atoms with van der Waals surface area (Å²) in [6.07, 6.45) is 2.42. The largest absolute Gasteiger partial charge is 0.493 e. The second kappa shape index (κ2) is 11.5. The van der Waals surface area contributed by atoms with Crippen LogP contribution in [0.25, 0.3) is 0 Å². The van der Waals surface area contributed by atoms with Gasteiger partial charge in [0.25, 0.3) is 5.91 Å². The molecule has 0 heterocycles. The minimum atomic E-state index is -1.02. The van der Waals surface area contributed by atoms with Crippen LogP contribution in [0.5, 0.6) is 11.5 Å². The maximum Gasteiger partial charge on any atom is 0.339 e. The van der Waals surface area contributed by atoms with E-state index in [-0.39, 0.29) is 18.1 Å². The molecule has 1 amide bonds. The second-order valence-corrected chi connectivity index (χ2v) is 7.47. The Morgan fingerprint density at radius 2 is 1.70 bits per heavy atom. The molecule has 0 fully saturated rings. The molecule has 0 aliphatic rings. The predicted octanol–water partition coefficient (Wildman–Crippen LogP) is 5.37. The van der Waals surface area contributed by atoms with Crippen molar-refractivity contribution >= 4 is 11.9 Å². The SMILES string of the molecule is C/C=C(\CCOc1ccc(COc2cc(C)ccc2C(=O)O)cc1)NC(=O)c1ccccc1. The maximum atomic E-state index is 12.3. The number of hydrogen-bond donors (Lipinski definition) is 2. The molecule has 0 aliphatic carbocycles. The van der Waals surface area contributed by atoms with Gasteiger partial charge < -0.3 is 19.9 Å². The molecule has 0 saturated carbocycles. The fourth-order valence-electron chi connectivity index (χ4n) is 3.13. The van der Waals surface area contributed by atoms with E-state index in [0.29, 0.717) is 30.1 Å². The third-order valence-electron chi connectivity index (χ3n) is 4.98. The fraction of sp³-hybridized carbons (Fsp3) is 0.185. The number of allylic oxidation sites excluding steroid dienone is 1. The van der Waals surface area contributed by atoms with E-state index >= 15 is 0 Å². The summed E-state index contributed by atoms with van der Waals surface area (Å²) in [5.41, 5.74) is 3.36. The molecular weight excluding hydrogens is 418 g/mol. The number of carbonyl (C=O) groups excluding carboxylic acids is 1. The van der Waals surface area contributed by atoms with Gasteiger partial charge in [-0.2, -0.15) is 0 Å². The maximum absolute atomic E-state index is 12.3. The molecule has 3 aromatic carbocycles. The van der Waals surface area contributed by atoms with Crippen molar-refractivity contribution in [2.24, 2.45) is 0 Å². The highest BCUT2D eigenvalue weighted by Crippen LogP contribution is 2.22. The Hall–Kier alpha value is -4.06. The second-order valence-electron chi connectivity index (χ2n) is 7.47. The number of aromatic carboxylic acids is 1. The summed E-state index contributed by atoms with van der Waals surface area (Å²) in [6, 6.07) is 21.5. The van der Waals surface area contributed by atoms with Crippen LogP contribution < -0.4 is 14.8 Å². The predicted molar refractivity (Wildman–Crippen MR) is 127 cm³/mol. The molecule has 0 aliphatic heterocycles. The molecule has 3 aromatic rings. The van der Waals surface area contributed by atoms with Crippen molar-refractivity contribution < 1.29 is 24.2 Å². The Kier molecular flexibility index (Phi) is 8.24. The number of rotatable bonds is 10. The monoisotopic (exact) mass is 445 g/mol. The summed E-state index contributed by atoms with van der Waals surface area (Å²) in [5.74, 6) is -0.119. The first-order valence-electron chi connectivity index (χ1n) is 10.7. The van der Waals surface area contributed by atoms with E-state index in [9.17, 15) is 14.7 Å². The van der Waals surface area contributed by atoms with Gasteiger partial charge in [0.05, 0.1) is 6.61 Å². The number of hydrogen-bond acceptors (Lipinski definition) is 4. The molecular formula is C27H27NO5. The first kappa shape index (κ1) is 23.6. The Morgan fingerprint density at radius 1 is 0.970 bits per heavy atom. The minimum Gasteiger partial charge on any atom is -0.493 e. The van der Waals surface area contributed by atoms with Crippen LogP contribution in [-0.2, 0) is 6.61 Å². The normalized spacial score (nSPS) is 11.0. The van der Waals surface area contributed by atoms with Crippen LogP contribution in [0, 0.1) is 6.92 Å². The van der Waals surface area contributed by atoms with Crippen molar-refractivity contribution in [3.63, 3.8) is 0 Å². The average Bonchev–Trinajstić information content (AvgIpc) is 2.83. The van der Waals surface area contributed by atoms with E-state index in [1.807, 2.05) is 62.4 Å². The highest BCUT2D eigenvalue weighted by Gasteiger charge is 2.11. The average molecular weight is 446 g/mol. The number of nitrogens with one attached hydrogen (secondary N) is 1. The van der Waals surface area contributed by atoms with Gasteiger partial charge in [0.2, 0.25) is 0 Å². The van der Waals surface area contributed by atoms with Gasteiger partial charge in [0, 0.05) is 17.7 Å². The van der Waals surface area contributed by atoms with Crippen LogP contribution in [0.3, 0.4) is 0 Å². The number of carbonyl (C=O) groups is 2. The molecule has 6 heteroatoms. The Bertz CT molecular complexity index is 1120. The Labute approximate surface area is 193 Å². The number of carboxylic acids is 1. The zero-order valence-electron chi connectivity index (χ0n) is 18.7. The van der Waals surface area contributed by atoms with Crippen molar-refractivity contribution in [3.8, 4) is 11.5 Å². The number of aryl methyl sites for hydroxylation is 1. The lowest BCUT2D eigenvalue weighted by Crippen LogP contribution is -2.23. The molecule has 3 rings (SSSR count). The lowest BCUT2D eigenvalue weighted by molar-refractivity contribution is 0.0691. The summed E-state index contributed by atoms with van der Waals surface area (Å²) in [4.78, 5) is 23.7. The van der Waals surface area contributed by atoms with E-state index in [0.717, 1.165) is 16.8 Å². The van der Waals surface area contributed by atoms with Crippen LogP contribution in [0.4, 0.5) is 0 Å². The number of benzene rings is 3. The summed E-state index contributed by atoms with van der Waals surface area (Å²) in [5, 5.41) is 12.2. The first-order valence-corrected chi connectivity index (χ1v) is 10.7. The standard InChI is InChI=1S/C27H27NO5/c1-3-22(28-26(29)21-7-5-4-6-8-21)15-16-32-23-12-10-20(11-13-23)18-33-25-17-19(2)9-14-24(25)27(30)31/h3-14,17H,15-16,18H2,1-2H3,(H,28,29)(H,30,31)/b22-3+.